The zero-order chi connectivity index (χ0) is 31.1. The molecule has 3 aromatic heterocycles. The van der Waals surface area contributed by atoms with Crippen LogP contribution in [-0.4, -0.2) is 74.4 Å². The van der Waals surface area contributed by atoms with E-state index in [4.69, 9.17) is 4.74 Å². The van der Waals surface area contributed by atoms with Crippen LogP contribution in [0.25, 0.3) is 17.0 Å². The Bertz CT molecular complexity index is 1690. The average molecular weight is 605 g/mol. The maximum Gasteiger partial charge on any atom is 0.411 e. The monoisotopic (exact) mass is 604 g/mol. The normalized spacial score (nSPS) is 16.3. The van der Waals surface area contributed by atoms with Gasteiger partial charge in [-0.15, -0.1) is 0 Å². The topological polar surface area (TPSA) is 122 Å². The number of aryl methyl sites for hydroxylation is 2. The van der Waals surface area contributed by atoms with E-state index in [0.717, 1.165) is 16.2 Å². The van der Waals surface area contributed by atoms with Crippen molar-refractivity contribution in [2.75, 3.05) is 24.7 Å². The number of morpholine rings is 1. The van der Waals surface area contributed by atoms with Gasteiger partial charge in [0.05, 0.1) is 18.8 Å². The molecular formula is C28H25F5N6O4. The van der Waals surface area contributed by atoms with Crippen LogP contribution >= 0.6 is 0 Å². The van der Waals surface area contributed by atoms with Gasteiger partial charge in [0.15, 0.2) is 5.82 Å². The van der Waals surface area contributed by atoms with E-state index in [0.29, 0.717) is 34.9 Å². The molecule has 0 bridgehead atoms. The molecule has 0 unspecified atom stereocenters. The molecule has 0 aliphatic carbocycles. The molecule has 1 aliphatic rings. The number of nitrogens with one attached hydrogen (secondary N) is 1. The smallest absolute Gasteiger partial charge is 0.411 e. The van der Waals surface area contributed by atoms with Crippen LogP contribution in [0.3, 0.4) is 0 Å². The van der Waals surface area contributed by atoms with E-state index in [-0.39, 0.29) is 19.6 Å². The molecule has 2 atom stereocenters. The molecule has 5 rings (SSSR count). The Balaban J connectivity index is 1.39. The van der Waals surface area contributed by atoms with Gasteiger partial charge in [0.25, 0.3) is 5.91 Å². The number of pyridine rings is 1. The van der Waals surface area contributed by atoms with Gasteiger partial charge in [-0.05, 0) is 43.7 Å². The number of carboxylic acid groups (broad SMARTS) is 1. The number of fused-ring (bicyclic) bond motifs is 1. The van der Waals surface area contributed by atoms with Gasteiger partial charge in [-0.1, -0.05) is 0 Å². The number of carbonyl (C=O) groups excluding carboxylic acids is 1. The first-order valence-electron chi connectivity index (χ1n) is 13.0. The SMILES string of the molecule is Cc1cnc(-c2ccc(C[C@H](NC(=O)c3c(F)cc(N4CCOC[C@@H]4C(F)(F)F)cc3F)C(=O)O)n3ccnc23)nc1C. The van der Waals surface area contributed by atoms with Crippen molar-refractivity contribution >= 4 is 23.2 Å². The van der Waals surface area contributed by atoms with E-state index in [1.54, 1.807) is 28.9 Å². The van der Waals surface area contributed by atoms with Crippen LogP contribution in [0.5, 0.6) is 0 Å². The third-order valence-electron chi connectivity index (χ3n) is 7.21. The first-order chi connectivity index (χ1) is 20.3. The number of carboxylic acids is 1. The number of alkyl halides is 3. The zero-order valence-corrected chi connectivity index (χ0v) is 22.8. The fourth-order valence-corrected chi connectivity index (χ4v) is 4.83. The lowest BCUT2D eigenvalue weighted by molar-refractivity contribution is -0.167. The van der Waals surface area contributed by atoms with Gasteiger partial charge in [0, 0.05) is 48.6 Å². The van der Waals surface area contributed by atoms with Crippen LogP contribution in [0.1, 0.15) is 27.3 Å². The minimum Gasteiger partial charge on any atom is -0.480 e. The van der Waals surface area contributed by atoms with Crippen molar-refractivity contribution in [3.8, 4) is 11.4 Å². The molecule has 1 fully saturated rings. The van der Waals surface area contributed by atoms with Crippen LogP contribution in [0.4, 0.5) is 27.6 Å². The summed E-state index contributed by atoms with van der Waals surface area (Å²) in [6.45, 7) is 2.60. The number of anilines is 1. The van der Waals surface area contributed by atoms with Gasteiger partial charge in [-0.3, -0.25) is 4.79 Å². The molecule has 1 saturated heterocycles. The number of carbonyl (C=O) groups is 2. The summed E-state index contributed by atoms with van der Waals surface area (Å²) in [4.78, 5) is 38.9. The molecule has 4 heterocycles. The fraction of sp³-hybridized carbons (Fsp3) is 0.321. The van der Waals surface area contributed by atoms with Crippen molar-refractivity contribution in [3.63, 3.8) is 0 Å². The lowest BCUT2D eigenvalue weighted by Crippen LogP contribution is -2.53. The Morgan fingerprint density at radius 3 is 2.53 bits per heavy atom. The van der Waals surface area contributed by atoms with E-state index in [1.807, 2.05) is 13.8 Å². The van der Waals surface area contributed by atoms with Crippen LogP contribution in [0.15, 0.2) is 42.9 Å². The summed E-state index contributed by atoms with van der Waals surface area (Å²) in [6.07, 6.45) is -0.301. The van der Waals surface area contributed by atoms with E-state index < -0.39 is 59.6 Å². The van der Waals surface area contributed by atoms with Gasteiger partial charge >= 0.3 is 12.1 Å². The molecule has 4 aromatic rings. The number of amides is 1. The first kappa shape index (κ1) is 29.8. The lowest BCUT2D eigenvalue weighted by Gasteiger charge is -2.38. The summed E-state index contributed by atoms with van der Waals surface area (Å²) in [7, 11) is 0. The molecule has 0 saturated carbocycles. The summed E-state index contributed by atoms with van der Waals surface area (Å²) in [5.74, 6) is -5.35. The largest absolute Gasteiger partial charge is 0.480 e. The Labute approximate surface area is 241 Å². The predicted molar refractivity (Wildman–Crippen MR) is 143 cm³/mol. The Morgan fingerprint density at radius 2 is 1.88 bits per heavy atom. The summed E-state index contributed by atoms with van der Waals surface area (Å²) < 4.78 is 76.9. The molecule has 226 valence electrons. The van der Waals surface area contributed by atoms with Crippen molar-refractivity contribution in [2.45, 2.75) is 38.5 Å². The lowest BCUT2D eigenvalue weighted by atomic mass is 10.1. The third kappa shape index (κ3) is 5.98. The summed E-state index contributed by atoms with van der Waals surface area (Å²) in [5, 5.41) is 11.9. The fourth-order valence-electron chi connectivity index (χ4n) is 4.83. The number of halogens is 5. The van der Waals surface area contributed by atoms with Crippen LogP contribution in [-0.2, 0) is 16.0 Å². The quantitative estimate of drug-likeness (QED) is 0.305. The first-order valence-corrected chi connectivity index (χ1v) is 13.0. The van der Waals surface area contributed by atoms with Gasteiger partial charge in [0.2, 0.25) is 0 Å². The number of rotatable bonds is 7. The number of aliphatic carboxylic acids is 1. The molecular weight excluding hydrogens is 579 g/mol. The summed E-state index contributed by atoms with van der Waals surface area (Å²) in [5.41, 5.74) is 1.51. The Kier molecular flexibility index (Phi) is 8.01. The third-order valence-corrected chi connectivity index (χ3v) is 7.21. The van der Waals surface area contributed by atoms with Gasteiger partial charge in [-0.2, -0.15) is 13.2 Å². The highest BCUT2D eigenvalue weighted by Crippen LogP contribution is 2.33. The van der Waals surface area contributed by atoms with Gasteiger partial charge in [-0.25, -0.2) is 28.5 Å². The molecule has 10 nitrogen and oxygen atoms in total. The number of hydrogen-bond donors (Lipinski definition) is 2. The van der Waals surface area contributed by atoms with E-state index >= 15 is 8.78 Å². The number of benzene rings is 1. The standard InChI is InChI=1S/C28H25F5N6O4/c1-14-12-35-24(36-15(14)2)18-4-3-16(39-6-5-34-25(18)39)11-21(27(41)42)37-26(40)23-19(29)9-17(10-20(23)30)38-7-8-43-13-22(38)28(31,32)33/h3-6,9-10,12,21-22H,7-8,11,13H2,1-2H3,(H,37,40)(H,41,42)/t21-,22+/m0/s1. The summed E-state index contributed by atoms with van der Waals surface area (Å²) >= 11 is 0. The van der Waals surface area contributed by atoms with Crippen molar-refractivity contribution < 1.29 is 41.4 Å². The number of hydrogen-bond acceptors (Lipinski definition) is 7. The number of ether oxygens (including phenoxy) is 1. The maximum atomic E-state index is 15.0. The molecule has 0 spiro atoms. The van der Waals surface area contributed by atoms with Crippen molar-refractivity contribution in [1.82, 2.24) is 24.7 Å². The second-order valence-electron chi connectivity index (χ2n) is 10.00. The highest BCUT2D eigenvalue weighted by atomic mass is 19.4. The second-order valence-corrected chi connectivity index (χ2v) is 10.00. The van der Waals surface area contributed by atoms with E-state index in [2.05, 4.69) is 20.3 Å². The second kappa shape index (κ2) is 11.6. The molecule has 1 aromatic carbocycles. The Morgan fingerprint density at radius 1 is 1.16 bits per heavy atom. The molecule has 15 heteroatoms. The molecule has 1 amide bonds. The van der Waals surface area contributed by atoms with Crippen molar-refractivity contribution in [1.29, 1.82) is 0 Å². The van der Waals surface area contributed by atoms with Crippen molar-refractivity contribution in [3.05, 3.63) is 77.0 Å². The number of aromatic nitrogens is 4. The van der Waals surface area contributed by atoms with Crippen molar-refractivity contribution in [2.24, 2.45) is 0 Å². The van der Waals surface area contributed by atoms with Crippen LogP contribution < -0.4 is 10.2 Å². The molecule has 2 N–H and O–H groups in total. The number of nitrogens with zero attached hydrogens (tertiary/aromatic N) is 5. The van der Waals surface area contributed by atoms with E-state index in [9.17, 15) is 27.9 Å². The minimum absolute atomic E-state index is 0.0960. The van der Waals surface area contributed by atoms with Gasteiger partial charge in [0.1, 0.15) is 34.9 Å². The van der Waals surface area contributed by atoms with E-state index in [1.165, 1.54) is 6.20 Å². The summed E-state index contributed by atoms with van der Waals surface area (Å²) in [6, 6.07) is 0.708. The number of imidazole rings is 1. The molecule has 0 radical (unpaired) electrons. The highest BCUT2D eigenvalue weighted by Gasteiger charge is 2.46. The minimum atomic E-state index is -4.73. The molecule has 43 heavy (non-hydrogen) atoms. The van der Waals surface area contributed by atoms with Gasteiger partial charge < -0.3 is 24.5 Å². The Hall–Kier alpha value is -4.66. The molecule has 1 aliphatic heterocycles. The maximum absolute atomic E-state index is 15.0. The highest BCUT2D eigenvalue weighted by molar-refractivity contribution is 5.97. The predicted octanol–water partition coefficient (Wildman–Crippen LogP) is 3.88. The zero-order valence-electron chi connectivity index (χ0n) is 22.8. The van der Waals surface area contributed by atoms with Crippen LogP contribution in [0, 0.1) is 25.5 Å². The average Bonchev–Trinajstić information content (AvgIpc) is 3.44. The van der Waals surface area contributed by atoms with Crippen LogP contribution in [0.2, 0.25) is 0 Å².